The Hall–Kier alpha value is -1.35. The van der Waals surface area contributed by atoms with E-state index in [0.29, 0.717) is 12.3 Å². The molecule has 1 heterocycles. The molecule has 102 valence electrons. The van der Waals surface area contributed by atoms with Crippen molar-refractivity contribution < 1.29 is 5.11 Å². The van der Waals surface area contributed by atoms with Crippen molar-refractivity contribution in [1.29, 1.82) is 0 Å². The highest BCUT2D eigenvalue weighted by molar-refractivity contribution is 5.75. The van der Waals surface area contributed by atoms with Crippen molar-refractivity contribution in [3.63, 3.8) is 0 Å². The standard InChI is InChI=1S/C16H22N2O/c1-3-18-14-7-5-4-6-13(14)17-16(18)10-15(19)11(2)12-8-9-12/h4-7,11-12,15,19H,3,8-10H2,1-2H3. The Labute approximate surface area is 114 Å². The van der Waals surface area contributed by atoms with Gasteiger partial charge < -0.3 is 9.67 Å². The Morgan fingerprint density at radius 2 is 2.11 bits per heavy atom. The Kier molecular flexibility index (Phi) is 3.31. The summed E-state index contributed by atoms with van der Waals surface area (Å²) in [5, 5.41) is 10.4. The third-order valence-corrected chi connectivity index (χ3v) is 4.41. The van der Waals surface area contributed by atoms with E-state index in [2.05, 4.69) is 29.5 Å². The summed E-state index contributed by atoms with van der Waals surface area (Å²) in [7, 11) is 0. The third kappa shape index (κ3) is 2.39. The van der Waals surface area contributed by atoms with Gasteiger partial charge in [-0.1, -0.05) is 19.1 Å². The highest BCUT2D eigenvalue weighted by Crippen LogP contribution is 2.38. The van der Waals surface area contributed by atoms with E-state index in [1.54, 1.807) is 0 Å². The van der Waals surface area contributed by atoms with Gasteiger partial charge in [-0.05, 0) is 43.7 Å². The molecule has 1 fully saturated rings. The van der Waals surface area contributed by atoms with Crippen LogP contribution in [0.4, 0.5) is 0 Å². The van der Waals surface area contributed by atoms with E-state index in [1.165, 1.54) is 18.4 Å². The molecule has 0 bridgehead atoms. The lowest BCUT2D eigenvalue weighted by Gasteiger charge is -2.18. The van der Waals surface area contributed by atoms with Crippen molar-refractivity contribution in [2.24, 2.45) is 11.8 Å². The number of benzene rings is 1. The summed E-state index contributed by atoms with van der Waals surface area (Å²) in [5.74, 6) is 2.14. The van der Waals surface area contributed by atoms with Crippen LogP contribution in [-0.4, -0.2) is 20.8 Å². The summed E-state index contributed by atoms with van der Waals surface area (Å²) in [4.78, 5) is 4.69. The van der Waals surface area contributed by atoms with Crippen molar-refractivity contribution in [3.8, 4) is 0 Å². The molecular weight excluding hydrogens is 236 g/mol. The van der Waals surface area contributed by atoms with Crippen LogP contribution in [0.15, 0.2) is 24.3 Å². The fourth-order valence-corrected chi connectivity index (χ4v) is 2.94. The summed E-state index contributed by atoms with van der Waals surface area (Å²) in [5.41, 5.74) is 2.21. The molecule has 1 aromatic carbocycles. The average Bonchev–Trinajstić information content (AvgIpc) is 3.20. The summed E-state index contributed by atoms with van der Waals surface area (Å²) < 4.78 is 2.22. The van der Waals surface area contributed by atoms with Gasteiger partial charge in [-0.2, -0.15) is 0 Å². The zero-order valence-electron chi connectivity index (χ0n) is 11.7. The maximum atomic E-state index is 10.4. The van der Waals surface area contributed by atoms with Gasteiger partial charge in [-0.25, -0.2) is 4.98 Å². The molecule has 1 aliphatic carbocycles. The minimum Gasteiger partial charge on any atom is -0.392 e. The van der Waals surface area contributed by atoms with Gasteiger partial charge in [0, 0.05) is 13.0 Å². The van der Waals surface area contributed by atoms with Gasteiger partial charge in [-0.3, -0.25) is 0 Å². The number of imidazole rings is 1. The van der Waals surface area contributed by atoms with E-state index in [9.17, 15) is 5.11 Å². The monoisotopic (exact) mass is 258 g/mol. The van der Waals surface area contributed by atoms with Crippen LogP contribution < -0.4 is 0 Å². The minimum absolute atomic E-state index is 0.269. The molecule has 0 spiro atoms. The van der Waals surface area contributed by atoms with Crippen LogP contribution in [-0.2, 0) is 13.0 Å². The van der Waals surface area contributed by atoms with Crippen LogP contribution in [0.3, 0.4) is 0 Å². The molecule has 1 aliphatic rings. The fraction of sp³-hybridized carbons (Fsp3) is 0.562. The quantitative estimate of drug-likeness (QED) is 0.895. The van der Waals surface area contributed by atoms with Crippen LogP contribution in [0.25, 0.3) is 11.0 Å². The number of aliphatic hydroxyl groups excluding tert-OH is 1. The molecule has 1 saturated carbocycles. The molecule has 3 heteroatoms. The van der Waals surface area contributed by atoms with Gasteiger partial charge >= 0.3 is 0 Å². The van der Waals surface area contributed by atoms with Crippen LogP contribution in [0.5, 0.6) is 0 Å². The first kappa shape index (κ1) is 12.7. The van der Waals surface area contributed by atoms with Crippen molar-refractivity contribution in [2.45, 2.75) is 45.8 Å². The molecular formula is C16H22N2O. The molecule has 0 aliphatic heterocycles. The highest BCUT2D eigenvalue weighted by atomic mass is 16.3. The molecule has 2 unspecified atom stereocenters. The lowest BCUT2D eigenvalue weighted by Crippen LogP contribution is -2.23. The number of rotatable bonds is 5. The second kappa shape index (κ2) is 4.97. The Morgan fingerprint density at radius 3 is 2.79 bits per heavy atom. The number of aryl methyl sites for hydroxylation is 1. The molecule has 3 rings (SSSR count). The van der Waals surface area contributed by atoms with Crippen molar-refractivity contribution >= 4 is 11.0 Å². The number of hydrogen-bond acceptors (Lipinski definition) is 2. The van der Waals surface area contributed by atoms with Gasteiger partial charge in [0.1, 0.15) is 5.82 Å². The number of aliphatic hydroxyl groups is 1. The number of hydrogen-bond donors (Lipinski definition) is 1. The zero-order valence-corrected chi connectivity index (χ0v) is 11.7. The Bertz CT molecular complexity index is 571. The van der Waals surface area contributed by atoms with E-state index in [1.807, 2.05) is 18.2 Å². The molecule has 3 nitrogen and oxygen atoms in total. The lowest BCUT2D eigenvalue weighted by atomic mass is 9.96. The third-order valence-electron chi connectivity index (χ3n) is 4.41. The first-order valence-corrected chi connectivity index (χ1v) is 7.33. The second-order valence-corrected chi connectivity index (χ2v) is 5.73. The van der Waals surface area contributed by atoms with E-state index in [-0.39, 0.29) is 6.10 Å². The van der Waals surface area contributed by atoms with Crippen LogP contribution in [0, 0.1) is 11.8 Å². The molecule has 0 amide bonds. The molecule has 19 heavy (non-hydrogen) atoms. The predicted octanol–water partition coefficient (Wildman–Crippen LogP) is 3.01. The van der Waals surface area contributed by atoms with E-state index in [4.69, 9.17) is 0 Å². The normalized spacial score (nSPS) is 18.7. The molecule has 0 radical (unpaired) electrons. The molecule has 1 aromatic heterocycles. The van der Waals surface area contributed by atoms with Crippen LogP contribution in [0.2, 0.25) is 0 Å². The van der Waals surface area contributed by atoms with Crippen LogP contribution in [0.1, 0.15) is 32.5 Å². The van der Waals surface area contributed by atoms with Crippen molar-refractivity contribution in [3.05, 3.63) is 30.1 Å². The van der Waals surface area contributed by atoms with Gasteiger partial charge in [0.2, 0.25) is 0 Å². The smallest absolute Gasteiger partial charge is 0.112 e. The number of fused-ring (bicyclic) bond motifs is 1. The maximum Gasteiger partial charge on any atom is 0.112 e. The van der Waals surface area contributed by atoms with E-state index >= 15 is 0 Å². The maximum absolute atomic E-state index is 10.4. The topological polar surface area (TPSA) is 38.0 Å². The second-order valence-electron chi connectivity index (χ2n) is 5.73. The largest absolute Gasteiger partial charge is 0.392 e. The van der Waals surface area contributed by atoms with Gasteiger partial charge in [0.25, 0.3) is 0 Å². The molecule has 2 aromatic rings. The van der Waals surface area contributed by atoms with Gasteiger partial charge in [0.05, 0.1) is 17.1 Å². The molecule has 0 saturated heterocycles. The van der Waals surface area contributed by atoms with Crippen molar-refractivity contribution in [1.82, 2.24) is 9.55 Å². The van der Waals surface area contributed by atoms with Gasteiger partial charge in [-0.15, -0.1) is 0 Å². The van der Waals surface area contributed by atoms with Gasteiger partial charge in [0.15, 0.2) is 0 Å². The molecule has 1 N–H and O–H groups in total. The Morgan fingerprint density at radius 1 is 1.37 bits per heavy atom. The number of para-hydroxylation sites is 2. The fourth-order valence-electron chi connectivity index (χ4n) is 2.94. The van der Waals surface area contributed by atoms with E-state index in [0.717, 1.165) is 23.8 Å². The summed E-state index contributed by atoms with van der Waals surface area (Å²) >= 11 is 0. The Balaban J connectivity index is 1.87. The lowest BCUT2D eigenvalue weighted by molar-refractivity contribution is 0.103. The highest BCUT2D eigenvalue weighted by Gasteiger charge is 2.33. The first-order chi connectivity index (χ1) is 9.20. The summed E-state index contributed by atoms with van der Waals surface area (Å²) in [6.07, 6.45) is 2.96. The van der Waals surface area contributed by atoms with Crippen molar-refractivity contribution in [2.75, 3.05) is 0 Å². The first-order valence-electron chi connectivity index (χ1n) is 7.33. The number of nitrogens with zero attached hydrogens (tertiary/aromatic N) is 2. The minimum atomic E-state index is -0.269. The van der Waals surface area contributed by atoms with Crippen LogP contribution >= 0.6 is 0 Å². The number of aromatic nitrogens is 2. The summed E-state index contributed by atoms with van der Waals surface area (Å²) in [6.45, 7) is 5.20. The predicted molar refractivity (Wildman–Crippen MR) is 77.0 cm³/mol. The summed E-state index contributed by atoms with van der Waals surface area (Å²) in [6, 6.07) is 8.21. The zero-order chi connectivity index (χ0) is 13.4. The molecule has 2 atom stereocenters. The SMILES string of the molecule is CCn1c(CC(O)C(C)C2CC2)nc2ccccc21. The average molecular weight is 258 g/mol. The van der Waals surface area contributed by atoms with E-state index < -0.39 is 0 Å².